The zero-order chi connectivity index (χ0) is 16.5. The Bertz CT molecular complexity index is 1020. The van der Waals surface area contributed by atoms with E-state index in [0.29, 0.717) is 6.42 Å². The first-order valence-corrected chi connectivity index (χ1v) is 8.41. The second-order valence-corrected chi connectivity index (χ2v) is 6.37. The van der Waals surface area contributed by atoms with Crippen LogP contribution in [-0.2, 0) is 6.42 Å². The molecule has 0 amide bonds. The number of aryl methyl sites for hydroxylation is 1. The van der Waals surface area contributed by atoms with Gasteiger partial charge in [-0.25, -0.2) is 0 Å². The average Bonchev–Trinajstić information content (AvgIpc) is 2.59. The van der Waals surface area contributed by atoms with Crippen molar-refractivity contribution in [1.82, 2.24) is 0 Å². The monoisotopic (exact) mass is 316 g/mol. The third-order valence-corrected chi connectivity index (χ3v) is 4.72. The summed E-state index contributed by atoms with van der Waals surface area (Å²) in [5.74, 6) is 0. The first kappa shape index (κ1) is 15.1. The summed E-state index contributed by atoms with van der Waals surface area (Å²) in [5.41, 5.74) is 1.27. The molecule has 0 spiro atoms. The fraction of sp³-hybridized carbons (Fsp3) is 0.182. The fourth-order valence-corrected chi connectivity index (χ4v) is 3.56. The summed E-state index contributed by atoms with van der Waals surface area (Å²) in [7, 11) is 0. The van der Waals surface area contributed by atoms with Crippen LogP contribution in [0, 0.1) is 0 Å². The van der Waals surface area contributed by atoms with Gasteiger partial charge >= 0.3 is 0 Å². The van der Waals surface area contributed by atoms with E-state index in [9.17, 15) is 0 Å². The summed E-state index contributed by atoms with van der Waals surface area (Å²) >= 11 is 0. The highest BCUT2D eigenvalue weighted by atomic mass is 16.5. The SMILES string of the molecule is OC(O)CCCc1cccc2ccc3cc4ccccc4cc3c12. The van der Waals surface area contributed by atoms with E-state index >= 15 is 0 Å². The van der Waals surface area contributed by atoms with Gasteiger partial charge in [0.05, 0.1) is 0 Å². The molecule has 0 aliphatic rings. The predicted octanol–water partition coefficient (Wildman–Crippen LogP) is 4.78. The molecule has 24 heavy (non-hydrogen) atoms. The van der Waals surface area contributed by atoms with E-state index in [0.717, 1.165) is 12.8 Å². The Morgan fingerprint density at radius 3 is 2.21 bits per heavy atom. The molecule has 0 unspecified atom stereocenters. The van der Waals surface area contributed by atoms with Gasteiger partial charge in [0.1, 0.15) is 0 Å². The van der Waals surface area contributed by atoms with E-state index < -0.39 is 6.29 Å². The second-order valence-electron chi connectivity index (χ2n) is 6.37. The molecule has 4 aromatic carbocycles. The molecule has 0 saturated heterocycles. The maximum Gasteiger partial charge on any atom is 0.151 e. The zero-order valence-corrected chi connectivity index (χ0v) is 13.4. The molecule has 4 rings (SSSR count). The summed E-state index contributed by atoms with van der Waals surface area (Å²) in [5, 5.41) is 25.7. The zero-order valence-electron chi connectivity index (χ0n) is 13.4. The van der Waals surface area contributed by atoms with Gasteiger partial charge < -0.3 is 10.2 Å². The van der Waals surface area contributed by atoms with E-state index in [4.69, 9.17) is 10.2 Å². The van der Waals surface area contributed by atoms with Gasteiger partial charge in [0, 0.05) is 0 Å². The topological polar surface area (TPSA) is 40.5 Å². The number of aliphatic hydroxyl groups excluding tert-OH is 1. The van der Waals surface area contributed by atoms with Crippen LogP contribution in [-0.4, -0.2) is 16.5 Å². The van der Waals surface area contributed by atoms with Crippen molar-refractivity contribution in [3.05, 3.63) is 72.3 Å². The lowest BCUT2D eigenvalue weighted by atomic mass is 9.93. The minimum atomic E-state index is -1.22. The van der Waals surface area contributed by atoms with E-state index in [2.05, 4.69) is 66.7 Å². The van der Waals surface area contributed by atoms with Crippen molar-refractivity contribution < 1.29 is 10.2 Å². The van der Waals surface area contributed by atoms with E-state index in [1.165, 1.54) is 37.9 Å². The van der Waals surface area contributed by atoms with Crippen molar-refractivity contribution in [2.45, 2.75) is 25.6 Å². The molecule has 120 valence electrons. The minimum Gasteiger partial charge on any atom is -0.368 e. The molecule has 2 heteroatoms. The standard InChI is InChI=1S/C22H20O2/c23-21(24)10-4-9-15-7-3-8-16-11-12-19-13-17-5-1-2-6-18(17)14-20(19)22(15)16/h1-3,5-8,11-14,21,23-24H,4,9-10H2. The highest BCUT2D eigenvalue weighted by Gasteiger charge is 2.08. The molecule has 2 nitrogen and oxygen atoms in total. The molecule has 0 aromatic heterocycles. The number of fused-ring (bicyclic) bond motifs is 4. The molecular weight excluding hydrogens is 296 g/mol. The number of hydrogen-bond donors (Lipinski definition) is 2. The van der Waals surface area contributed by atoms with Crippen molar-refractivity contribution in [1.29, 1.82) is 0 Å². The molecule has 0 heterocycles. The van der Waals surface area contributed by atoms with Gasteiger partial charge in [-0.3, -0.25) is 0 Å². The third kappa shape index (κ3) is 2.75. The quantitative estimate of drug-likeness (QED) is 0.323. The summed E-state index contributed by atoms with van der Waals surface area (Å²) < 4.78 is 0. The van der Waals surface area contributed by atoms with Gasteiger partial charge in [0.15, 0.2) is 6.29 Å². The van der Waals surface area contributed by atoms with Crippen LogP contribution in [0.25, 0.3) is 32.3 Å². The van der Waals surface area contributed by atoms with Crippen LogP contribution in [0.2, 0.25) is 0 Å². The molecule has 0 atom stereocenters. The van der Waals surface area contributed by atoms with Crippen LogP contribution >= 0.6 is 0 Å². The van der Waals surface area contributed by atoms with Crippen LogP contribution in [0.3, 0.4) is 0 Å². The van der Waals surface area contributed by atoms with Crippen molar-refractivity contribution in [3.8, 4) is 0 Å². The van der Waals surface area contributed by atoms with Crippen molar-refractivity contribution in [3.63, 3.8) is 0 Å². The minimum absolute atomic E-state index is 0.407. The molecule has 0 aliphatic carbocycles. The van der Waals surface area contributed by atoms with E-state index in [-0.39, 0.29) is 0 Å². The Kier molecular flexibility index (Phi) is 3.93. The molecule has 0 radical (unpaired) electrons. The highest BCUT2D eigenvalue weighted by molar-refractivity contribution is 6.13. The van der Waals surface area contributed by atoms with Crippen LogP contribution in [0.15, 0.2) is 66.7 Å². The van der Waals surface area contributed by atoms with Gasteiger partial charge in [0.25, 0.3) is 0 Å². The summed E-state index contributed by atoms with van der Waals surface area (Å²) in [6, 6.07) is 23.7. The van der Waals surface area contributed by atoms with Gasteiger partial charge in [0.2, 0.25) is 0 Å². The lowest BCUT2D eigenvalue weighted by molar-refractivity contribution is -0.0461. The number of rotatable bonds is 4. The Morgan fingerprint density at radius 1 is 0.708 bits per heavy atom. The van der Waals surface area contributed by atoms with Crippen LogP contribution in [0.1, 0.15) is 18.4 Å². The van der Waals surface area contributed by atoms with Crippen LogP contribution in [0.4, 0.5) is 0 Å². The normalized spacial score (nSPS) is 11.8. The van der Waals surface area contributed by atoms with E-state index in [1.54, 1.807) is 0 Å². The highest BCUT2D eigenvalue weighted by Crippen LogP contribution is 2.32. The second kappa shape index (κ2) is 6.23. The van der Waals surface area contributed by atoms with Gasteiger partial charge in [-0.2, -0.15) is 0 Å². The largest absolute Gasteiger partial charge is 0.368 e. The number of benzene rings is 4. The molecule has 4 aromatic rings. The van der Waals surface area contributed by atoms with Crippen LogP contribution in [0.5, 0.6) is 0 Å². The average molecular weight is 316 g/mol. The van der Waals surface area contributed by atoms with Gasteiger partial charge in [-0.1, -0.05) is 54.6 Å². The smallest absolute Gasteiger partial charge is 0.151 e. The van der Waals surface area contributed by atoms with Gasteiger partial charge in [-0.05, 0) is 69.3 Å². The Hall–Kier alpha value is -2.42. The summed E-state index contributed by atoms with van der Waals surface area (Å²) in [6.45, 7) is 0. The Labute approximate surface area is 141 Å². The first-order chi connectivity index (χ1) is 11.7. The molecule has 0 saturated carbocycles. The Balaban J connectivity index is 1.92. The molecule has 0 fully saturated rings. The lowest BCUT2D eigenvalue weighted by Crippen LogP contribution is -2.04. The summed E-state index contributed by atoms with van der Waals surface area (Å²) in [4.78, 5) is 0. The summed E-state index contributed by atoms with van der Waals surface area (Å²) in [6.07, 6.45) is 0.798. The third-order valence-electron chi connectivity index (χ3n) is 4.72. The molecule has 2 N–H and O–H groups in total. The maximum atomic E-state index is 9.09. The van der Waals surface area contributed by atoms with Crippen LogP contribution < -0.4 is 0 Å². The maximum absolute atomic E-state index is 9.09. The molecule has 0 bridgehead atoms. The molecular formula is C22H20O2. The van der Waals surface area contributed by atoms with Crippen molar-refractivity contribution in [2.75, 3.05) is 0 Å². The number of aliphatic hydroxyl groups is 2. The van der Waals surface area contributed by atoms with Crippen molar-refractivity contribution >= 4 is 32.3 Å². The first-order valence-electron chi connectivity index (χ1n) is 8.41. The predicted molar refractivity (Wildman–Crippen MR) is 100 cm³/mol. The Morgan fingerprint density at radius 2 is 1.42 bits per heavy atom. The fourth-order valence-electron chi connectivity index (χ4n) is 3.56. The number of hydrogen-bond acceptors (Lipinski definition) is 2. The lowest BCUT2D eigenvalue weighted by Gasteiger charge is -2.12. The van der Waals surface area contributed by atoms with Crippen molar-refractivity contribution in [2.24, 2.45) is 0 Å². The molecule has 0 aliphatic heterocycles. The van der Waals surface area contributed by atoms with Gasteiger partial charge in [-0.15, -0.1) is 0 Å². The van der Waals surface area contributed by atoms with E-state index in [1.807, 2.05) is 0 Å².